The predicted octanol–water partition coefficient (Wildman–Crippen LogP) is 0.280. The fourth-order valence-corrected chi connectivity index (χ4v) is 0.693. The van der Waals surface area contributed by atoms with Crippen LogP contribution in [0.1, 0.15) is 5.82 Å². The molecule has 0 radical (unpaired) electrons. The lowest BCUT2D eigenvalue weighted by Crippen LogP contribution is -2.12. The van der Waals surface area contributed by atoms with Crippen molar-refractivity contribution >= 4 is 17.5 Å². The van der Waals surface area contributed by atoms with Crippen LogP contribution < -0.4 is 11.3 Å². The first kappa shape index (κ1) is 8.09. The van der Waals surface area contributed by atoms with Crippen molar-refractivity contribution in [3.63, 3.8) is 0 Å². The van der Waals surface area contributed by atoms with Crippen LogP contribution in [0.2, 0.25) is 5.28 Å². The Morgan fingerprint density at radius 3 is 2.73 bits per heavy atom. The molecule has 7 heteroatoms. The minimum Gasteiger partial charge on any atom is -0.292 e. The molecule has 0 spiro atoms. The summed E-state index contributed by atoms with van der Waals surface area (Å²) in [7, 11) is 0. The minimum atomic E-state index is -0.795. The van der Waals surface area contributed by atoms with Gasteiger partial charge < -0.3 is 0 Å². The van der Waals surface area contributed by atoms with Crippen molar-refractivity contribution < 1.29 is 4.39 Å². The average molecular weight is 178 g/mol. The number of nitrogens with two attached hydrogens (primary N) is 1. The number of aromatic nitrogens is 3. The molecule has 0 fully saturated rings. The molecule has 0 aliphatic rings. The fraction of sp³-hybridized carbons (Fsp3) is 0.250. The molecule has 0 saturated carbocycles. The minimum absolute atomic E-state index is 0.0436. The lowest BCUT2D eigenvalue weighted by atomic mass is 10.7. The van der Waals surface area contributed by atoms with Gasteiger partial charge in [-0.05, 0) is 11.6 Å². The number of nitrogens with one attached hydrogen (secondary N) is 1. The van der Waals surface area contributed by atoms with Gasteiger partial charge in [-0.15, -0.1) is 0 Å². The number of hydrogen-bond acceptors (Lipinski definition) is 5. The van der Waals surface area contributed by atoms with Gasteiger partial charge in [0.05, 0.1) is 0 Å². The lowest BCUT2D eigenvalue weighted by Gasteiger charge is -1.98. The van der Waals surface area contributed by atoms with Gasteiger partial charge in [0.25, 0.3) is 0 Å². The summed E-state index contributed by atoms with van der Waals surface area (Å²) >= 11 is 5.38. The molecule has 0 aliphatic carbocycles. The zero-order valence-electron chi connectivity index (χ0n) is 5.38. The number of hydrazine groups is 1. The molecule has 1 heterocycles. The van der Waals surface area contributed by atoms with Gasteiger partial charge in [-0.2, -0.15) is 15.0 Å². The standard InChI is InChI=1S/C4H5ClFN5/c5-3-8-2(1-6)9-4(10-3)11-7/h1,7H2,(H,8,9,10,11). The molecule has 1 rings (SSSR count). The van der Waals surface area contributed by atoms with Crippen molar-refractivity contribution in [2.75, 3.05) is 5.43 Å². The van der Waals surface area contributed by atoms with Crippen LogP contribution in [-0.2, 0) is 6.67 Å². The summed E-state index contributed by atoms with van der Waals surface area (Å²) in [5, 5.41) is -0.0828. The first-order chi connectivity index (χ1) is 5.26. The van der Waals surface area contributed by atoms with Crippen LogP contribution in [0.15, 0.2) is 0 Å². The SMILES string of the molecule is NNc1nc(Cl)nc(CF)n1. The number of anilines is 1. The summed E-state index contributed by atoms with van der Waals surface area (Å²) in [6, 6.07) is 0. The number of halogens is 2. The van der Waals surface area contributed by atoms with Crippen LogP contribution in [-0.4, -0.2) is 15.0 Å². The quantitative estimate of drug-likeness (QED) is 0.501. The molecule has 0 atom stereocenters. The Balaban J connectivity index is 3.02. The second-order valence-corrected chi connectivity index (χ2v) is 1.96. The molecule has 0 aromatic carbocycles. The van der Waals surface area contributed by atoms with E-state index >= 15 is 0 Å². The number of rotatable bonds is 2. The summed E-state index contributed by atoms with van der Waals surface area (Å²) in [4.78, 5) is 10.6. The summed E-state index contributed by atoms with van der Waals surface area (Å²) in [6.45, 7) is -0.795. The van der Waals surface area contributed by atoms with E-state index in [0.717, 1.165) is 0 Å². The molecule has 0 amide bonds. The Morgan fingerprint density at radius 2 is 2.18 bits per heavy atom. The maximum Gasteiger partial charge on any atom is 0.241 e. The van der Waals surface area contributed by atoms with Crippen molar-refractivity contribution in [3.8, 4) is 0 Å². The second kappa shape index (κ2) is 3.40. The molecule has 1 aromatic heterocycles. The zero-order valence-corrected chi connectivity index (χ0v) is 6.14. The summed E-state index contributed by atoms with van der Waals surface area (Å²) in [5.74, 6) is 4.97. The third-order valence-corrected chi connectivity index (χ3v) is 1.07. The monoisotopic (exact) mass is 177 g/mol. The molecule has 0 aliphatic heterocycles. The van der Waals surface area contributed by atoms with Crippen LogP contribution in [0.4, 0.5) is 10.3 Å². The molecule has 60 valence electrons. The van der Waals surface area contributed by atoms with Gasteiger partial charge in [-0.1, -0.05) is 0 Å². The lowest BCUT2D eigenvalue weighted by molar-refractivity contribution is 0.464. The van der Waals surface area contributed by atoms with Crippen molar-refractivity contribution in [1.82, 2.24) is 15.0 Å². The third-order valence-electron chi connectivity index (χ3n) is 0.903. The largest absolute Gasteiger partial charge is 0.292 e. The Labute approximate surface area is 66.8 Å². The van der Waals surface area contributed by atoms with Crippen LogP contribution in [0.25, 0.3) is 0 Å². The first-order valence-electron chi connectivity index (χ1n) is 2.69. The number of nitrogens with zero attached hydrogens (tertiary/aromatic N) is 3. The van der Waals surface area contributed by atoms with E-state index < -0.39 is 6.67 Å². The first-order valence-corrected chi connectivity index (χ1v) is 3.07. The predicted molar refractivity (Wildman–Crippen MR) is 37.5 cm³/mol. The van der Waals surface area contributed by atoms with Crippen molar-refractivity contribution in [3.05, 3.63) is 11.1 Å². The molecule has 1 aromatic rings. The van der Waals surface area contributed by atoms with Gasteiger partial charge in [0.1, 0.15) is 6.67 Å². The van der Waals surface area contributed by atoms with E-state index in [9.17, 15) is 4.39 Å². The maximum absolute atomic E-state index is 11.9. The fourth-order valence-electron chi connectivity index (χ4n) is 0.515. The Kier molecular flexibility index (Phi) is 2.50. The van der Waals surface area contributed by atoms with Crippen LogP contribution >= 0.6 is 11.6 Å². The highest BCUT2D eigenvalue weighted by molar-refractivity contribution is 6.28. The second-order valence-electron chi connectivity index (χ2n) is 1.62. The average Bonchev–Trinajstić information content (AvgIpc) is 2.03. The number of hydrogen-bond donors (Lipinski definition) is 2. The van der Waals surface area contributed by atoms with Crippen LogP contribution in [0.5, 0.6) is 0 Å². The highest BCUT2D eigenvalue weighted by Crippen LogP contribution is 2.04. The molecule has 5 nitrogen and oxygen atoms in total. The van der Waals surface area contributed by atoms with Gasteiger partial charge in [0, 0.05) is 0 Å². The normalized spacial score (nSPS) is 9.73. The van der Waals surface area contributed by atoms with E-state index in [1.165, 1.54) is 0 Å². The molecule has 0 bridgehead atoms. The van der Waals surface area contributed by atoms with Crippen molar-refractivity contribution in [2.24, 2.45) is 5.84 Å². The van der Waals surface area contributed by atoms with Gasteiger partial charge in [0.15, 0.2) is 5.82 Å². The maximum atomic E-state index is 11.9. The summed E-state index contributed by atoms with van der Waals surface area (Å²) < 4.78 is 11.9. The molecule has 3 N–H and O–H groups in total. The van der Waals surface area contributed by atoms with E-state index in [1.54, 1.807) is 0 Å². The third kappa shape index (κ3) is 1.95. The Hall–Kier alpha value is -1.01. The van der Waals surface area contributed by atoms with Crippen molar-refractivity contribution in [2.45, 2.75) is 6.67 Å². The van der Waals surface area contributed by atoms with E-state index in [4.69, 9.17) is 17.4 Å². The van der Waals surface area contributed by atoms with Crippen LogP contribution in [0, 0.1) is 0 Å². The summed E-state index contributed by atoms with van der Waals surface area (Å²) in [6.07, 6.45) is 0. The smallest absolute Gasteiger partial charge is 0.241 e. The van der Waals surface area contributed by atoms with E-state index in [0.29, 0.717) is 0 Å². The topological polar surface area (TPSA) is 76.7 Å². The summed E-state index contributed by atoms with van der Waals surface area (Å²) in [5.41, 5.74) is 2.13. The zero-order chi connectivity index (χ0) is 8.27. The molecular weight excluding hydrogens is 173 g/mol. The highest BCUT2D eigenvalue weighted by Gasteiger charge is 2.01. The van der Waals surface area contributed by atoms with E-state index in [-0.39, 0.29) is 17.1 Å². The van der Waals surface area contributed by atoms with Crippen molar-refractivity contribution in [1.29, 1.82) is 0 Å². The number of alkyl halides is 1. The van der Waals surface area contributed by atoms with Gasteiger partial charge in [-0.25, -0.2) is 10.2 Å². The molecule has 11 heavy (non-hydrogen) atoms. The van der Waals surface area contributed by atoms with Crippen LogP contribution in [0.3, 0.4) is 0 Å². The molecule has 0 saturated heterocycles. The Bertz CT molecular complexity index is 232. The molecular formula is C4H5ClFN5. The Morgan fingerprint density at radius 1 is 1.45 bits per heavy atom. The van der Waals surface area contributed by atoms with E-state index in [2.05, 4.69) is 20.4 Å². The number of nitrogen functional groups attached to an aromatic ring is 1. The van der Waals surface area contributed by atoms with Gasteiger partial charge >= 0.3 is 0 Å². The molecule has 0 unspecified atom stereocenters. The van der Waals surface area contributed by atoms with E-state index in [1.807, 2.05) is 0 Å². The van der Waals surface area contributed by atoms with Gasteiger partial charge in [-0.3, -0.25) is 5.43 Å². The van der Waals surface area contributed by atoms with Gasteiger partial charge in [0.2, 0.25) is 11.2 Å². The highest BCUT2D eigenvalue weighted by atomic mass is 35.5.